The Hall–Kier alpha value is -2.47. The van der Waals surface area contributed by atoms with Gasteiger partial charge in [-0.05, 0) is 30.3 Å². The third kappa shape index (κ3) is 2.38. The molecule has 0 aliphatic carbocycles. The van der Waals surface area contributed by atoms with E-state index in [1.807, 2.05) is 6.07 Å². The topological polar surface area (TPSA) is 91.4 Å². The lowest BCUT2D eigenvalue weighted by molar-refractivity contribution is 0.244. The van der Waals surface area contributed by atoms with Gasteiger partial charge in [0.2, 0.25) is 0 Å². The molecule has 0 bridgehead atoms. The molecule has 0 radical (unpaired) electrons. The van der Waals surface area contributed by atoms with Gasteiger partial charge in [-0.25, -0.2) is 4.79 Å². The highest BCUT2D eigenvalue weighted by Gasteiger charge is 2.04. The van der Waals surface area contributed by atoms with Crippen LogP contribution in [-0.2, 0) is 13.2 Å². The number of oxazole rings is 1. The molecular weight excluding hydrogens is 248 g/mol. The maximum absolute atomic E-state index is 11.0. The first-order valence-corrected chi connectivity index (χ1v) is 5.80. The molecule has 3 aromatic rings. The number of H-pyrrole nitrogens is 1. The van der Waals surface area contributed by atoms with Crippen LogP contribution in [0.3, 0.4) is 0 Å². The summed E-state index contributed by atoms with van der Waals surface area (Å²) in [6.45, 7) is 0.385. The van der Waals surface area contributed by atoms with Crippen LogP contribution >= 0.6 is 0 Å². The number of aromatic nitrogens is 1. The summed E-state index contributed by atoms with van der Waals surface area (Å²) < 4.78 is 10.3. The van der Waals surface area contributed by atoms with Crippen LogP contribution in [0, 0.1) is 0 Å². The average Bonchev–Trinajstić information content (AvgIpc) is 3.00. The normalized spacial score (nSPS) is 11.0. The summed E-state index contributed by atoms with van der Waals surface area (Å²) in [6, 6.07) is 8.85. The molecular formula is C13H12N2O4. The number of aliphatic hydroxyl groups is 1. The third-order valence-corrected chi connectivity index (χ3v) is 2.76. The lowest BCUT2D eigenvalue weighted by Gasteiger charge is -2.03. The Morgan fingerprint density at radius 2 is 2.00 bits per heavy atom. The fraction of sp³-hybridized carbons (Fsp3) is 0.154. The van der Waals surface area contributed by atoms with Crippen LogP contribution in [0.25, 0.3) is 11.1 Å². The molecule has 19 heavy (non-hydrogen) atoms. The highest BCUT2D eigenvalue weighted by atomic mass is 16.4. The molecule has 0 atom stereocenters. The molecule has 2 aromatic heterocycles. The quantitative estimate of drug-likeness (QED) is 0.665. The minimum atomic E-state index is -0.467. The van der Waals surface area contributed by atoms with Crippen molar-refractivity contribution < 1.29 is 13.9 Å². The number of aliphatic hydroxyl groups excluding tert-OH is 1. The van der Waals surface area contributed by atoms with E-state index in [0.717, 1.165) is 11.4 Å². The molecule has 0 fully saturated rings. The number of rotatable bonds is 4. The monoisotopic (exact) mass is 260 g/mol. The Balaban J connectivity index is 1.75. The van der Waals surface area contributed by atoms with Crippen molar-refractivity contribution in [2.75, 3.05) is 5.32 Å². The number of nitrogens with one attached hydrogen (secondary N) is 2. The van der Waals surface area contributed by atoms with E-state index in [2.05, 4.69) is 10.3 Å². The fourth-order valence-electron chi connectivity index (χ4n) is 1.85. The Bertz CT molecular complexity index is 753. The second kappa shape index (κ2) is 4.66. The molecule has 98 valence electrons. The largest absolute Gasteiger partial charge is 0.462 e. The second-order valence-electron chi connectivity index (χ2n) is 4.11. The van der Waals surface area contributed by atoms with Crippen LogP contribution in [0.15, 0.2) is 44.0 Å². The summed E-state index contributed by atoms with van der Waals surface area (Å²) in [6.07, 6.45) is 0. The molecule has 6 heteroatoms. The minimum Gasteiger partial charge on any atom is -0.462 e. The molecule has 0 spiro atoms. The van der Waals surface area contributed by atoms with Gasteiger partial charge in [0.05, 0.1) is 12.1 Å². The molecule has 6 nitrogen and oxygen atoms in total. The second-order valence-corrected chi connectivity index (χ2v) is 4.11. The SMILES string of the molecule is O=c1[nH]c2cc(NCc3ccc(CO)o3)ccc2o1. The zero-order valence-corrected chi connectivity index (χ0v) is 9.97. The maximum Gasteiger partial charge on any atom is 0.417 e. The fourth-order valence-corrected chi connectivity index (χ4v) is 1.85. The highest BCUT2D eigenvalue weighted by Crippen LogP contribution is 2.17. The number of benzene rings is 1. The van der Waals surface area contributed by atoms with Crippen LogP contribution in [0.1, 0.15) is 11.5 Å². The molecule has 2 heterocycles. The lowest BCUT2D eigenvalue weighted by Crippen LogP contribution is -1.98. The first-order chi connectivity index (χ1) is 9.24. The van der Waals surface area contributed by atoms with Gasteiger partial charge < -0.3 is 19.3 Å². The Labute approximate surface area is 107 Å². The Kier molecular flexibility index (Phi) is 2.85. The lowest BCUT2D eigenvalue weighted by atomic mass is 10.3. The van der Waals surface area contributed by atoms with E-state index in [9.17, 15) is 4.79 Å². The van der Waals surface area contributed by atoms with E-state index in [1.54, 1.807) is 24.3 Å². The smallest absolute Gasteiger partial charge is 0.417 e. The van der Waals surface area contributed by atoms with Crippen LogP contribution < -0.4 is 11.1 Å². The standard InChI is InChI=1S/C13H12N2O4/c16-7-10-3-2-9(18-10)6-14-8-1-4-12-11(5-8)15-13(17)19-12/h1-5,14,16H,6-7H2,(H,15,17). The van der Waals surface area contributed by atoms with Crippen LogP contribution in [0.4, 0.5) is 5.69 Å². The number of hydrogen-bond acceptors (Lipinski definition) is 5. The molecule has 1 aromatic carbocycles. The van der Waals surface area contributed by atoms with Crippen LogP contribution in [0.5, 0.6) is 0 Å². The van der Waals surface area contributed by atoms with Gasteiger partial charge in [-0.15, -0.1) is 0 Å². The first kappa shape index (κ1) is 11.6. The van der Waals surface area contributed by atoms with Gasteiger partial charge >= 0.3 is 5.76 Å². The van der Waals surface area contributed by atoms with Crippen molar-refractivity contribution in [2.45, 2.75) is 13.2 Å². The Morgan fingerprint density at radius 1 is 1.16 bits per heavy atom. The van der Waals surface area contributed by atoms with Crippen molar-refractivity contribution >= 4 is 16.8 Å². The average molecular weight is 260 g/mol. The molecule has 0 aliphatic heterocycles. The van der Waals surface area contributed by atoms with Crippen molar-refractivity contribution in [1.29, 1.82) is 0 Å². The number of hydrogen-bond donors (Lipinski definition) is 3. The van der Waals surface area contributed by atoms with E-state index in [4.69, 9.17) is 13.9 Å². The number of aromatic amines is 1. The summed E-state index contributed by atoms with van der Waals surface area (Å²) in [5.41, 5.74) is 2.01. The zero-order valence-electron chi connectivity index (χ0n) is 9.97. The summed E-state index contributed by atoms with van der Waals surface area (Å²) in [7, 11) is 0. The van der Waals surface area contributed by atoms with Gasteiger partial charge in [0.1, 0.15) is 18.1 Å². The predicted octanol–water partition coefficient (Wildman–Crippen LogP) is 1.82. The van der Waals surface area contributed by atoms with Crippen molar-refractivity contribution in [1.82, 2.24) is 4.98 Å². The minimum absolute atomic E-state index is 0.109. The van der Waals surface area contributed by atoms with Crippen LogP contribution in [0.2, 0.25) is 0 Å². The first-order valence-electron chi connectivity index (χ1n) is 5.80. The predicted molar refractivity (Wildman–Crippen MR) is 68.8 cm³/mol. The molecule has 0 unspecified atom stereocenters. The molecule has 0 saturated heterocycles. The molecule has 3 N–H and O–H groups in total. The molecule has 0 amide bonds. The van der Waals surface area contributed by atoms with E-state index >= 15 is 0 Å². The summed E-state index contributed by atoms with van der Waals surface area (Å²) in [5.74, 6) is 0.794. The van der Waals surface area contributed by atoms with Crippen molar-refractivity contribution in [3.05, 3.63) is 52.4 Å². The number of anilines is 1. The van der Waals surface area contributed by atoms with Gasteiger partial charge in [0.25, 0.3) is 0 Å². The van der Waals surface area contributed by atoms with Gasteiger partial charge in [-0.1, -0.05) is 0 Å². The van der Waals surface area contributed by atoms with E-state index in [1.165, 1.54) is 0 Å². The van der Waals surface area contributed by atoms with Gasteiger partial charge in [-0.3, -0.25) is 4.98 Å². The van der Waals surface area contributed by atoms with Crippen molar-refractivity contribution in [3.8, 4) is 0 Å². The third-order valence-electron chi connectivity index (χ3n) is 2.76. The van der Waals surface area contributed by atoms with Crippen LogP contribution in [-0.4, -0.2) is 10.1 Å². The highest BCUT2D eigenvalue weighted by molar-refractivity contribution is 5.76. The molecule has 3 rings (SSSR count). The molecule has 0 saturated carbocycles. The summed E-state index contributed by atoms with van der Waals surface area (Å²) in [4.78, 5) is 13.6. The maximum atomic E-state index is 11.0. The summed E-state index contributed by atoms with van der Waals surface area (Å²) in [5, 5.41) is 12.1. The molecule has 0 aliphatic rings. The van der Waals surface area contributed by atoms with Gasteiger partial charge in [-0.2, -0.15) is 0 Å². The van der Waals surface area contributed by atoms with Gasteiger partial charge in [0, 0.05) is 5.69 Å². The van der Waals surface area contributed by atoms with Crippen molar-refractivity contribution in [3.63, 3.8) is 0 Å². The van der Waals surface area contributed by atoms with Crippen molar-refractivity contribution in [2.24, 2.45) is 0 Å². The number of furan rings is 1. The van der Waals surface area contributed by atoms with Gasteiger partial charge in [0.15, 0.2) is 5.58 Å². The van der Waals surface area contributed by atoms with E-state index in [0.29, 0.717) is 23.4 Å². The Morgan fingerprint density at radius 3 is 2.79 bits per heavy atom. The van der Waals surface area contributed by atoms with E-state index in [-0.39, 0.29) is 6.61 Å². The summed E-state index contributed by atoms with van der Waals surface area (Å²) >= 11 is 0. The van der Waals surface area contributed by atoms with E-state index < -0.39 is 5.76 Å². The zero-order chi connectivity index (χ0) is 13.2. The number of fused-ring (bicyclic) bond motifs is 1.